The number of benzene rings is 1. The van der Waals surface area contributed by atoms with E-state index in [2.05, 4.69) is 4.90 Å². The van der Waals surface area contributed by atoms with E-state index in [0.29, 0.717) is 45.6 Å². The van der Waals surface area contributed by atoms with Crippen molar-refractivity contribution < 1.29 is 23.7 Å². The van der Waals surface area contributed by atoms with Gasteiger partial charge in [0, 0.05) is 65.1 Å². The monoisotopic (exact) mass is 384 g/mol. The zero-order chi connectivity index (χ0) is 19.3. The molecular weight excluding hydrogens is 354 g/mol. The molecule has 2 aliphatic rings. The topological polar surface area (TPSA) is 56.2 Å². The number of aliphatic hydroxyl groups is 2. The van der Waals surface area contributed by atoms with Crippen LogP contribution in [0.15, 0.2) is 24.3 Å². The summed E-state index contributed by atoms with van der Waals surface area (Å²) in [6.07, 6.45) is 1.06. The van der Waals surface area contributed by atoms with Crippen LogP contribution in [0.5, 0.6) is 5.75 Å². The summed E-state index contributed by atoms with van der Waals surface area (Å²) in [6, 6.07) is 7.86. The number of hydrogen-bond acceptors (Lipinski definition) is 5. The van der Waals surface area contributed by atoms with Gasteiger partial charge in [-0.2, -0.15) is 0 Å². The first-order chi connectivity index (χ1) is 12.9. The number of rotatable bonds is 8. The van der Waals surface area contributed by atoms with Crippen molar-refractivity contribution in [2.45, 2.75) is 43.8 Å². The molecule has 2 aliphatic heterocycles. The van der Waals surface area contributed by atoms with Crippen LogP contribution in [0, 0.1) is 0 Å². The highest BCUT2D eigenvalue weighted by Crippen LogP contribution is 2.30. The standard InChI is InChI=1S/C20H30F2N2O3/c21-20(22)7-10-23(11-8-20)15-19(26)6-9-24(16-19)14-17-2-4-18(5-3-17)27-13-1-12-25/h2-5,25-26H,1,6-16H2/t19-/m0/s1. The number of alkyl halides is 2. The molecule has 3 rings (SSSR count). The Labute approximate surface area is 159 Å². The molecule has 2 N–H and O–H groups in total. The highest BCUT2D eigenvalue weighted by atomic mass is 19.3. The molecular formula is C20H30F2N2O3. The average Bonchev–Trinajstić information content (AvgIpc) is 2.99. The van der Waals surface area contributed by atoms with Crippen molar-refractivity contribution in [3.8, 4) is 5.75 Å². The summed E-state index contributed by atoms with van der Waals surface area (Å²) in [5, 5.41) is 19.6. The second kappa shape index (κ2) is 8.82. The molecule has 2 heterocycles. The summed E-state index contributed by atoms with van der Waals surface area (Å²) < 4.78 is 32.1. The quantitative estimate of drug-likeness (QED) is 0.673. The molecule has 5 nitrogen and oxygen atoms in total. The summed E-state index contributed by atoms with van der Waals surface area (Å²) in [5.41, 5.74) is 0.325. The van der Waals surface area contributed by atoms with Gasteiger partial charge in [0.15, 0.2) is 0 Å². The average molecular weight is 384 g/mol. The molecule has 27 heavy (non-hydrogen) atoms. The van der Waals surface area contributed by atoms with Crippen LogP contribution in [0.1, 0.15) is 31.2 Å². The van der Waals surface area contributed by atoms with Gasteiger partial charge in [-0.25, -0.2) is 8.78 Å². The van der Waals surface area contributed by atoms with E-state index in [0.717, 1.165) is 24.4 Å². The van der Waals surface area contributed by atoms with E-state index in [1.807, 2.05) is 29.2 Å². The first-order valence-corrected chi connectivity index (χ1v) is 9.75. The Morgan fingerprint density at radius 1 is 1.00 bits per heavy atom. The Morgan fingerprint density at radius 3 is 2.33 bits per heavy atom. The van der Waals surface area contributed by atoms with Gasteiger partial charge in [-0.15, -0.1) is 0 Å². The Hall–Kier alpha value is -1.28. The fraction of sp³-hybridized carbons (Fsp3) is 0.700. The van der Waals surface area contributed by atoms with Gasteiger partial charge in [-0.1, -0.05) is 12.1 Å². The normalized spacial score (nSPS) is 26.4. The number of aliphatic hydroxyl groups excluding tert-OH is 1. The lowest BCUT2D eigenvalue weighted by Gasteiger charge is -2.36. The molecule has 1 atom stereocenters. The second-order valence-electron chi connectivity index (χ2n) is 7.89. The van der Waals surface area contributed by atoms with Crippen molar-refractivity contribution >= 4 is 0 Å². The number of nitrogens with zero attached hydrogens (tertiary/aromatic N) is 2. The molecule has 0 unspecified atom stereocenters. The highest BCUT2D eigenvalue weighted by Gasteiger charge is 2.40. The minimum Gasteiger partial charge on any atom is -0.494 e. The van der Waals surface area contributed by atoms with Crippen LogP contribution in [-0.2, 0) is 6.54 Å². The number of ether oxygens (including phenoxy) is 1. The van der Waals surface area contributed by atoms with Crippen LogP contribution < -0.4 is 4.74 Å². The first kappa shape index (κ1) is 20.5. The Morgan fingerprint density at radius 2 is 1.67 bits per heavy atom. The van der Waals surface area contributed by atoms with Crippen LogP contribution in [0.25, 0.3) is 0 Å². The maximum atomic E-state index is 13.3. The Bertz CT molecular complexity index is 589. The number of likely N-dealkylation sites (tertiary alicyclic amines) is 2. The van der Waals surface area contributed by atoms with Gasteiger partial charge in [0.25, 0.3) is 5.92 Å². The van der Waals surface area contributed by atoms with Gasteiger partial charge in [-0.3, -0.25) is 9.80 Å². The van der Waals surface area contributed by atoms with Crippen LogP contribution in [0.3, 0.4) is 0 Å². The van der Waals surface area contributed by atoms with Crippen LogP contribution in [-0.4, -0.2) is 77.5 Å². The predicted octanol–water partition coefficient (Wildman–Crippen LogP) is 2.12. The highest BCUT2D eigenvalue weighted by molar-refractivity contribution is 5.27. The van der Waals surface area contributed by atoms with Gasteiger partial charge in [-0.05, 0) is 24.1 Å². The third-order valence-corrected chi connectivity index (χ3v) is 5.42. The van der Waals surface area contributed by atoms with Crippen molar-refractivity contribution in [1.82, 2.24) is 9.80 Å². The smallest absolute Gasteiger partial charge is 0.250 e. The maximum absolute atomic E-state index is 13.3. The third kappa shape index (κ3) is 6.10. The lowest BCUT2D eigenvalue weighted by molar-refractivity contribution is -0.0724. The summed E-state index contributed by atoms with van der Waals surface area (Å²) >= 11 is 0. The molecule has 2 saturated heterocycles. The molecule has 0 radical (unpaired) electrons. The van der Waals surface area contributed by atoms with Crippen LogP contribution >= 0.6 is 0 Å². The molecule has 0 aromatic heterocycles. The van der Waals surface area contributed by atoms with Gasteiger partial charge in [0.2, 0.25) is 0 Å². The molecule has 0 bridgehead atoms. The number of piperidine rings is 1. The van der Waals surface area contributed by atoms with Crippen LogP contribution in [0.4, 0.5) is 8.78 Å². The molecule has 152 valence electrons. The van der Waals surface area contributed by atoms with E-state index >= 15 is 0 Å². The van der Waals surface area contributed by atoms with Gasteiger partial charge >= 0.3 is 0 Å². The van der Waals surface area contributed by atoms with E-state index in [-0.39, 0.29) is 19.4 Å². The molecule has 1 aromatic rings. The van der Waals surface area contributed by atoms with E-state index in [1.165, 1.54) is 0 Å². The minimum absolute atomic E-state index is 0.112. The number of β-amino-alcohol motifs (C(OH)–C–C–N with tert-alkyl or cyclic N) is 1. The fourth-order valence-electron chi connectivity index (χ4n) is 3.86. The molecule has 2 fully saturated rings. The van der Waals surface area contributed by atoms with E-state index < -0.39 is 11.5 Å². The van der Waals surface area contributed by atoms with Crippen molar-refractivity contribution in [3.05, 3.63) is 29.8 Å². The van der Waals surface area contributed by atoms with Gasteiger partial charge in [0.05, 0.1) is 12.2 Å². The zero-order valence-corrected chi connectivity index (χ0v) is 15.7. The van der Waals surface area contributed by atoms with Crippen LogP contribution in [0.2, 0.25) is 0 Å². The predicted molar refractivity (Wildman–Crippen MR) is 99.1 cm³/mol. The van der Waals surface area contributed by atoms with E-state index in [9.17, 15) is 13.9 Å². The maximum Gasteiger partial charge on any atom is 0.250 e. The Balaban J connectivity index is 1.45. The van der Waals surface area contributed by atoms with E-state index in [4.69, 9.17) is 9.84 Å². The SMILES string of the molecule is OCCCOc1ccc(CN2CC[C@](O)(CN3CCC(F)(F)CC3)C2)cc1. The lowest BCUT2D eigenvalue weighted by atomic mass is 10.00. The molecule has 0 saturated carbocycles. The third-order valence-electron chi connectivity index (χ3n) is 5.42. The van der Waals surface area contributed by atoms with Crippen molar-refractivity contribution in [2.75, 3.05) is 45.9 Å². The summed E-state index contributed by atoms with van der Waals surface area (Å²) in [5.74, 6) is -1.76. The summed E-state index contributed by atoms with van der Waals surface area (Å²) in [4.78, 5) is 4.18. The largest absolute Gasteiger partial charge is 0.494 e. The molecule has 1 aromatic carbocycles. The van der Waals surface area contributed by atoms with Gasteiger partial charge in [0.1, 0.15) is 5.75 Å². The molecule has 0 spiro atoms. The lowest BCUT2D eigenvalue weighted by Crippen LogP contribution is -2.49. The molecule has 0 amide bonds. The molecule has 0 aliphatic carbocycles. The first-order valence-electron chi connectivity index (χ1n) is 9.75. The zero-order valence-electron chi connectivity index (χ0n) is 15.7. The van der Waals surface area contributed by atoms with Gasteiger partial charge < -0.3 is 14.9 Å². The number of hydrogen-bond donors (Lipinski definition) is 2. The van der Waals surface area contributed by atoms with Crippen molar-refractivity contribution in [2.24, 2.45) is 0 Å². The van der Waals surface area contributed by atoms with Crippen molar-refractivity contribution in [1.29, 1.82) is 0 Å². The van der Waals surface area contributed by atoms with Crippen molar-refractivity contribution in [3.63, 3.8) is 0 Å². The molecule has 7 heteroatoms. The summed E-state index contributed by atoms with van der Waals surface area (Å²) in [6.45, 7) is 3.91. The fourth-order valence-corrected chi connectivity index (χ4v) is 3.86. The number of halogens is 2. The minimum atomic E-state index is -2.55. The Kier molecular flexibility index (Phi) is 6.68. The summed E-state index contributed by atoms with van der Waals surface area (Å²) in [7, 11) is 0. The van der Waals surface area contributed by atoms with E-state index in [1.54, 1.807) is 0 Å². The second-order valence-corrected chi connectivity index (χ2v) is 7.89.